The first kappa shape index (κ1) is 7.21. The molecule has 3 heteroatoms. The molecule has 0 amide bonds. The third-order valence-corrected chi connectivity index (χ3v) is 3.02. The molecule has 0 fully saturated rings. The monoisotopic (exact) mass is 189 g/mol. The van der Waals surface area contributed by atoms with Gasteiger partial charge >= 0.3 is 0 Å². The Hall–Kier alpha value is -1.22. The second-order valence-corrected chi connectivity index (χ2v) is 3.86. The molecular formula is C10H7NOS. The lowest BCUT2D eigenvalue weighted by Gasteiger charge is -2.05. The summed E-state index contributed by atoms with van der Waals surface area (Å²) in [6.07, 6.45) is 5.64. The summed E-state index contributed by atoms with van der Waals surface area (Å²) in [5, 5.41) is 2.21. The number of nitrogens with zero attached hydrogens (tertiary/aromatic N) is 1. The van der Waals surface area contributed by atoms with Gasteiger partial charge in [-0.2, -0.15) is 0 Å². The number of hydrogen-bond acceptors (Lipinski definition) is 3. The summed E-state index contributed by atoms with van der Waals surface area (Å²) in [5.74, 6) is 1.75. The molecule has 0 saturated heterocycles. The van der Waals surface area contributed by atoms with Gasteiger partial charge in [0.25, 0.3) is 0 Å². The molecule has 0 N–H and O–H groups in total. The van der Waals surface area contributed by atoms with Crippen LogP contribution >= 0.6 is 11.8 Å². The summed E-state index contributed by atoms with van der Waals surface area (Å²) in [7, 11) is 0. The van der Waals surface area contributed by atoms with Crippen molar-refractivity contribution in [3.8, 4) is 5.75 Å². The predicted molar refractivity (Wildman–Crippen MR) is 52.2 cm³/mol. The zero-order valence-electron chi connectivity index (χ0n) is 6.86. The molecule has 2 heterocycles. The zero-order chi connectivity index (χ0) is 8.67. The highest BCUT2D eigenvalue weighted by Gasteiger charge is 2.09. The Labute approximate surface area is 79.6 Å². The molecule has 0 aromatic heterocycles. The molecule has 1 aromatic carbocycles. The van der Waals surface area contributed by atoms with Crippen LogP contribution in [0, 0.1) is 0 Å². The normalized spacial score (nSPS) is 16.6. The van der Waals surface area contributed by atoms with Gasteiger partial charge in [0.1, 0.15) is 5.75 Å². The van der Waals surface area contributed by atoms with Gasteiger partial charge in [0.2, 0.25) is 0 Å². The van der Waals surface area contributed by atoms with Crippen LogP contribution in [0.3, 0.4) is 0 Å². The van der Waals surface area contributed by atoms with Crippen LogP contribution in [0.1, 0.15) is 0 Å². The Kier molecular flexibility index (Phi) is 1.46. The van der Waals surface area contributed by atoms with Crippen LogP contribution in [0.15, 0.2) is 34.4 Å². The smallest absolute Gasteiger partial charge is 0.135 e. The van der Waals surface area contributed by atoms with Crippen molar-refractivity contribution < 1.29 is 4.74 Å². The van der Waals surface area contributed by atoms with Crippen molar-refractivity contribution in [2.45, 2.75) is 4.90 Å². The van der Waals surface area contributed by atoms with Gasteiger partial charge in [-0.05, 0) is 24.3 Å². The Balaban J connectivity index is 2.48. The molecule has 0 spiro atoms. The Morgan fingerprint density at radius 1 is 1.38 bits per heavy atom. The van der Waals surface area contributed by atoms with Crippen LogP contribution in [0.4, 0.5) is 0 Å². The van der Waals surface area contributed by atoms with Gasteiger partial charge in [-0.15, -0.1) is 11.8 Å². The Morgan fingerprint density at radius 2 is 2.38 bits per heavy atom. The van der Waals surface area contributed by atoms with Crippen molar-refractivity contribution in [1.29, 1.82) is 0 Å². The van der Waals surface area contributed by atoms with Crippen molar-refractivity contribution >= 4 is 17.8 Å². The maximum absolute atomic E-state index is 5.37. The number of rotatable bonds is 0. The number of ether oxygens (including phenoxy) is 1. The second kappa shape index (κ2) is 2.64. The van der Waals surface area contributed by atoms with E-state index in [0.29, 0.717) is 0 Å². The van der Waals surface area contributed by atoms with E-state index in [4.69, 9.17) is 4.74 Å². The summed E-state index contributed by atoms with van der Waals surface area (Å²) in [6.45, 7) is 0. The van der Waals surface area contributed by atoms with Gasteiger partial charge in [-0.3, -0.25) is 4.99 Å². The van der Waals surface area contributed by atoms with E-state index in [2.05, 4.69) is 11.1 Å². The maximum atomic E-state index is 5.37. The third kappa shape index (κ3) is 1.00. The van der Waals surface area contributed by atoms with E-state index in [0.717, 1.165) is 22.2 Å². The number of fused-ring (bicyclic) bond motifs is 3. The van der Waals surface area contributed by atoms with E-state index in [9.17, 15) is 0 Å². The van der Waals surface area contributed by atoms with E-state index in [-0.39, 0.29) is 0 Å². The van der Waals surface area contributed by atoms with Gasteiger partial charge in [-0.1, -0.05) is 0 Å². The average molecular weight is 189 g/mol. The molecule has 0 atom stereocenters. The maximum Gasteiger partial charge on any atom is 0.135 e. The summed E-state index contributed by atoms with van der Waals surface area (Å²) in [6, 6.07) is 4.07. The highest BCUT2D eigenvalue weighted by molar-refractivity contribution is 7.99. The van der Waals surface area contributed by atoms with Gasteiger partial charge in [0, 0.05) is 10.1 Å². The topological polar surface area (TPSA) is 21.6 Å². The molecule has 0 saturated carbocycles. The molecule has 2 aliphatic rings. The molecule has 13 heavy (non-hydrogen) atoms. The molecule has 64 valence electrons. The second-order valence-electron chi connectivity index (χ2n) is 2.87. The lowest BCUT2D eigenvalue weighted by atomic mass is 10.2. The van der Waals surface area contributed by atoms with Gasteiger partial charge in [-0.25, -0.2) is 0 Å². The molecule has 0 unspecified atom stereocenters. The minimum Gasteiger partial charge on any atom is -0.464 e. The van der Waals surface area contributed by atoms with E-state index in [1.54, 1.807) is 18.0 Å². The average Bonchev–Trinajstić information content (AvgIpc) is 2.65. The van der Waals surface area contributed by atoms with Gasteiger partial charge < -0.3 is 4.74 Å². The molecule has 0 bridgehead atoms. The summed E-state index contributed by atoms with van der Waals surface area (Å²) in [4.78, 5) is 5.69. The highest BCUT2D eigenvalue weighted by Crippen LogP contribution is 2.19. The molecule has 1 aromatic rings. The first-order valence-electron chi connectivity index (χ1n) is 4.09. The minimum absolute atomic E-state index is 0.837. The lowest BCUT2D eigenvalue weighted by Crippen LogP contribution is -2.27. The van der Waals surface area contributed by atoms with Crippen LogP contribution in [-0.2, 0) is 0 Å². The van der Waals surface area contributed by atoms with Gasteiger partial charge in [0.15, 0.2) is 0 Å². The Morgan fingerprint density at radius 3 is 3.38 bits per heavy atom. The molecule has 0 aliphatic carbocycles. The number of hydrogen-bond donors (Lipinski definition) is 0. The van der Waals surface area contributed by atoms with Crippen molar-refractivity contribution in [1.82, 2.24) is 0 Å². The molecule has 3 rings (SSSR count). The summed E-state index contributed by atoms with van der Waals surface area (Å²) in [5.41, 5.74) is 0. The third-order valence-electron chi connectivity index (χ3n) is 2.12. The van der Waals surface area contributed by atoms with Crippen molar-refractivity contribution in [2.24, 2.45) is 4.99 Å². The van der Waals surface area contributed by atoms with E-state index in [1.807, 2.05) is 18.2 Å². The molecule has 0 radical (unpaired) electrons. The first-order valence-corrected chi connectivity index (χ1v) is 5.07. The fourth-order valence-corrected chi connectivity index (χ4v) is 2.34. The number of thioether (sulfide) groups is 1. The molecular weight excluding hydrogens is 182 g/mol. The lowest BCUT2D eigenvalue weighted by molar-refractivity contribution is 0.473. The van der Waals surface area contributed by atoms with E-state index < -0.39 is 0 Å². The standard InChI is InChI=1S/C10H7NOS/c1-2-7-8(12-5-1)3-4-9-10(7)11-6-13-9/h1-5H,6H2. The fourth-order valence-electron chi connectivity index (χ4n) is 1.53. The van der Waals surface area contributed by atoms with Crippen LogP contribution in [0.2, 0.25) is 0 Å². The first-order chi connectivity index (χ1) is 6.45. The number of allylic oxidation sites excluding steroid dienone is 1. The summed E-state index contributed by atoms with van der Waals surface area (Å²) < 4.78 is 5.37. The van der Waals surface area contributed by atoms with E-state index >= 15 is 0 Å². The number of benzene rings is 1. The molecule has 2 aliphatic heterocycles. The van der Waals surface area contributed by atoms with Crippen molar-refractivity contribution in [3.63, 3.8) is 0 Å². The highest BCUT2D eigenvalue weighted by atomic mass is 32.2. The van der Waals surface area contributed by atoms with Gasteiger partial charge in [0.05, 0.1) is 17.5 Å². The van der Waals surface area contributed by atoms with Crippen molar-refractivity contribution in [3.05, 3.63) is 35.0 Å². The fraction of sp³-hybridized carbons (Fsp3) is 0.100. The summed E-state index contributed by atoms with van der Waals surface area (Å²) >= 11 is 1.77. The quantitative estimate of drug-likeness (QED) is 0.608. The van der Waals surface area contributed by atoms with Crippen LogP contribution in [0.25, 0.3) is 6.08 Å². The molecule has 2 nitrogen and oxygen atoms in total. The van der Waals surface area contributed by atoms with Crippen LogP contribution in [0.5, 0.6) is 5.75 Å². The van der Waals surface area contributed by atoms with Crippen LogP contribution in [-0.4, -0.2) is 5.88 Å². The zero-order valence-corrected chi connectivity index (χ0v) is 7.67. The van der Waals surface area contributed by atoms with Crippen LogP contribution < -0.4 is 15.3 Å². The predicted octanol–water partition coefficient (Wildman–Crippen LogP) is 1.06. The van der Waals surface area contributed by atoms with Crippen molar-refractivity contribution in [2.75, 3.05) is 5.88 Å². The Bertz CT molecular complexity index is 504. The van der Waals surface area contributed by atoms with E-state index in [1.165, 1.54) is 4.90 Å². The largest absolute Gasteiger partial charge is 0.464 e. The SMILES string of the molecule is C1=COc2ccc3c(c2=C1)=NCS3. The minimum atomic E-state index is 0.837.